The number of halogens is 4. The predicted octanol–water partition coefficient (Wildman–Crippen LogP) is 1.66. The first-order valence-electron chi connectivity index (χ1n) is 7.18. The van der Waals surface area contributed by atoms with Crippen LogP contribution in [-0.4, -0.2) is 33.1 Å². The van der Waals surface area contributed by atoms with Gasteiger partial charge in [-0.25, -0.2) is 26.9 Å². The lowest BCUT2D eigenvalue weighted by Gasteiger charge is -2.17. The molecule has 1 aromatic rings. The Labute approximate surface area is 140 Å². The Morgan fingerprint density at radius 2 is 1.96 bits per heavy atom. The van der Waals surface area contributed by atoms with Crippen molar-refractivity contribution in [2.24, 2.45) is 16.7 Å². The molecular formula is C15H16F4N2O4. The highest BCUT2D eigenvalue weighted by atomic mass is 19.3. The number of carbonyl (C=O) groups is 1. The SMILES string of the molecule is C#CCn1cc(O)n(COC(=O)C2C(C)(C)C2(C(F)F)C(F)F)c1=O. The Bertz CT molecular complexity index is 767. The van der Waals surface area contributed by atoms with Crippen molar-refractivity contribution in [2.75, 3.05) is 0 Å². The Balaban J connectivity index is 2.17. The van der Waals surface area contributed by atoms with Gasteiger partial charge < -0.3 is 9.84 Å². The van der Waals surface area contributed by atoms with E-state index in [2.05, 4.69) is 5.92 Å². The predicted molar refractivity (Wildman–Crippen MR) is 77.0 cm³/mol. The van der Waals surface area contributed by atoms with E-state index in [0.29, 0.717) is 4.57 Å². The zero-order chi connectivity index (χ0) is 19.2. The number of carbonyl (C=O) groups excluding carboxylic acids is 1. The number of aromatic hydroxyl groups is 1. The van der Waals surface area contributed by atoms with Crippen molar-refractivity contribution in [1.29, 1.82) is 0 Å². The second-order valence-electron chi connectivity index (χ2n) is 6.31. The van der Waals surface area contributed by atoms with E-state index in [9.17, 15) is 32.3 Å². The summed E-state index contributed by atoms with van der Waals surface area (Å²) < 4.78 is 59.1. The van der Waals surface area contributed by atoms with Crippen LogP contribution in [0.15, 0.2) is 11.0 Å². The minimum absolute atomic E-state index is 0.150. The molecule has 138 valence electrons. The number of terminal acetylenes is 1. The van der Waals surface area contributed by atoms with Gasteiger partial charge in [0.25, 0.3) is 12.9 Å². The van der Waals surface area contributed by atoms with Gasteiger partial charge in [0.05, 0.1) is 18.7 Å². The van der Waals surface area contributed by atoms with Gasteiger partial charge in [0, 0.05) is 0 Å². The van der Waals surface area contributed by atoms with E-state index in [1.807, 2.05) is 0 Å². The van der Waals surface area contributed by atoms with E-state index in [1.54, 1.807) is 0 Å². The van der Waals surface area contributed by atoms with Gasteiger partial charge in [0.2, 0.25) is 5.88 Å². The fourth-order valence-electron chi connectivity index (χ4n) is 3.29. The number of imidazole rings is 1. The molecule has 0 radical (unpaired) electrons. The molecule has 25 heavy (non-hydrogen) atoms. The van der Waals surface area contributed by atoms with Crippen LogP contribution in [0.3, 0.4) is 0 Å². The summed E-state index contributed by atoms with van der Waals surface area (Å²) in [5.74, 6) is -1.42. The molecule has 1 heterocycles. The summed E-state index contributed by atoms with van der Waals surface area (Å²) >= 11 is 0. The van der Waals surface area contributed by atoms with Crippen molar-refractivity contribution in [1.82, 2.24) is 9.13 Å². The van der Waals surface area contributed by atoms with Gasteiger partial charge in [-0.15, -0.1) is 6.42 Å². The lowest BCUT2D eigenvalue weighted by atomic mass is 9.97. The third kappa shape index (κ3) is 2.58. The zero-order valence-corrected chi connectivity index (χ0v) is 13.4. The fraction of sp³-hybridized carbons (Fsp3) is 0.600. The molecule has 1 N–H and O–H groups in total. The summed E-state index contributed by atoms with van der Waals surface area (Å²) in [6.45, 7) is 1.30. The number of alkyl halides is 4. The molecule has 10 heteroatoms. The number of rotatable bonds is 6. The highest BCUT2D eigenvalue weighted by Crippen LogP contribution is 2.74. The summed E-state index contributed by atoms with van der Waals surface area (Å²) in [5, 5.41) is 9.63. The van der Waals surface area contributed by atoms with Gasteiger partial charge in [-0.2, -0.15) is 0 Å². The molecule has 1 aromatic heterocycles. The summed E-state index contributed by atoms with van der Waals surface area (Å²) in [4.78, 5) is 23.9. The molecule has 1 atom stereocenters. The van der Waals surface area contributed by atoms with Gasteiger partial charge in [0.15, 0.2) is 6.73 Å². The van der Waals surface area contributed by atoms with Crippen LogP contribution < -0.4 is 5.69 Å². The third-order valence-corrected chi connectivity index (χ3v) is 4.81. The van der Waals surface area contributed by atoms with Crippen LogP contribution in [0.1, 0.15) is 13.8 Å². The largest absolute Gasteiger partial charge is 0.493 e. The average molecular weight is 364 g/mol. The lowest BCUT2D eigenvalue weighted by Crippen LogP contribution is -2.30. The van der Waals surface area contributed by atoms with Gasteiger partial charge in [-0.05, 0) is 5.41 Å². The van der Waals surface area contributed by atoms with Crippen molar-refractivity contribution in [3.8, 4) is 18.2 Å². The van der Waals surface area contributed by atoms with Gasteiger partial charge in [-0.3, -0.25) is 9.36 Å². The van der Waals surface area contributed by atoms with E-state index in [0.717, 1.165) is 24.6 Å². The number of hydrogen-bond donors (Lipinski definition) is 1. The van der Waals surface area contributed by atoms with E-state index in [-0.39, 0.29) is 6.54 Å². The normalized spacial score (nSPS) is 20.5. The minimum atomic E-state index is -3.42. The molecule has 1 aliphatic carbocycles. The number of hydrogen-bond acceptors (Lipinski definition) is 4. The van der Waals surface area contributed by atoms with Crippen LogP contribution in [0.5, 0.6) is 5.88 Å². The number of aromatic nitrogens is 2. The van der Waals surface area contributed by atoms with Gasteiger partial charge in [-0.1, -0.05) is 19.8 Å². The van der Waals surface area contributed by atoms with Gasteiger partial charge >= 0.3 is 11.7 Å². The molecule has 6 nitrogen and oxygen atoms in total. The monoisotopic (exact) mass is 364 g/mol. The van der Waals surface area contributed by atoms with Crippen molar-refractivity contribution >= 4 is 5.97 Å². The molecule has 0 spiro atoms. The van der Waals surface area contributed by atoms with Crippen LogP contribution in [0, 0.1) is 29.1 Å². The molecule has 1 aliphatic rings. The highest BCUT2D eigenvalue weighted by Gasteiger charge is 2.84. The van der Waals surface area contributed by atoms with Crippen LogP contribution >= 0.6 is 0 Å². The highest BCUT2D eigenvalue weighted by molar-refractivity contribution is 5.79. The molecule has 1 unspecified atom stereocenters. The average Bonchev–Trinajstić information content (AvgIpc) is 2.93. The Morgan fingerprint density at radius 3 is 2.40 bits per heavy atom. The number of esters is 1. The molecule has 0 aromatic carbocycles. The zero-order valence-electron chi connectivity index (χ0n) is 13.4. The van der Waals surface area contributed by atoms with E-state index < -0.39 is 53.9 Å². The number of nitrogens with zero attached hydrogens (tertiary/aromatic N) is 2. The molecule has 1 saturated carbocycles. The minimum Gasteiger partial charge on any atom is -0.493 e. The Morgan fingerprint density at radius 1 is 1.40 bits per heavy atom. The summed E-state index contributed by atoms with van der Waals surface area (Å²) in [6, 6.07) is 0. The summed E-state index contributed by atoms with van der Waals surface area (Å²) in [7, 11) is 0. The standard InChI is InChI=1S/C15H16F4N2O4/c1-4-5-20-6-8(22)21(13(20)24)7-25-10(23)9-14(2,3)15(9,11(16)17)12(18)19/h1,6,9,11-12,22H,5,7H2,2-3H3. The number of ether oxygens (including phenoxy) is 1. The van der Waals surface area contributed by atoms with Crippen LogP contribution in [0.2, 0.25) is 0 Å². The first-order chi connectivity index (χ1) is 11.5. The summed E-state index contributed by atoms with van der Waals surface area (Å²) in [5.41, 5.74) is -5.27. The quantitative estimate of drug-likeness (QED) is 0.473. The van der Waals surface area contributed by atoms with Crippen molar-refractivity contribution in [2.45, 2.75) is 40.0 Å². The maximum atomic E-state index is 13.2. The van der Waals surface area contributed by atoms with Crippen molar-refractivity contribution in [3.05, 3.63) is 16.7 Å². The Kier molecular flexibility index (Phi) is 4.63. The van der Waals surface area contributed by atoms with Crippen LogP contribution in [-0.2, 0) is 22.8 Å². The molecule has 1 fully saturated rings. The fourth-order valence-corrected chi connectivity index (χ4v) is 3.29. The Hall–Kier alpha value is -2.44. The second kappa shape index (κ2) is 6.13. The van der Waals surface area contributed by atoms with E-state index in [4.69, 9.17) is 11.2 Å². The van der Waals surface area contributed by atoms with Crippen molar-refractivity contribution in [3.63, 3.8) is 0 Å². The van der Waals surface area contributed by atoms with Gasteiger partial charge in [0.1, 0.15) is 5.41 Å². The molecule has 0 bridgehead atoms. The maximum absolute atomic E-state index is 13.2. The first-order valence-corrected chi connectivity index (χ1v) is 7.18. The molecule has 0 saturated heterocycles. The van der Waals surface area contributed by atoms with Crippen LogP contribution in [0.25, 0.3) is 0 Å². The van der Waals surface area contributed by atoms with E-state index in [1.165, 1.54) is 0 Å². The second-order valence-corrected chi connectivity index (χ2v) is 6.31. The molecule has 0 aliphatic heterocycles. The van der Waals surface area contributed by atoms with Crippen LogP contribution in [0.4, 0.5) is 17.6 Å². The third-order valence-electron chi connectivity index (χ3n) is 4.81. The molecule has 2 rings (SSSR count). The first kappa shape index (κ1) is 18.9. The molecular weight excluding hydrogens is 348 g/mol. The summed E-state index contributed by atoms with van der Waals surface area (Å²) in [6.07, 6.45) is -0.800. The maximum Gasteiger partial charge on any atom is 0.334 e. The molecule has 0 amide bonds. The van der Waals surface area contributed by atoms with Crippen molar-refractivity contribution < 1.29 is 32.2 Å². The smallest absolute Gasteiger partial charge is 0.334 e. The lowest BCUT2D eigenvalue weighted by molar-refractivity contribution is -0.154. The van der Waals surface area contributed by atoms with E-state index >= 15 is 0 Å². The topological polar surface area (TPSA) is 73.5 Å².